The van der Waals surface area contributed by atoms with Crippen LogP contribution in [0.15, 0.2) is 30.6 Å². The van der Waals surface area contributed by atoms with E-state index in [0.29, 0.717) is 18.9 Å². The molecule has 19 heavy (non-hydrogen) atoms. The molecule has 0 atom stereocenters. The average Bonchev–Trinajstić information content (AvgIpc) is 2.83. The van der Waals surface area contributed by atoms with Gasteiger partial charge in [-0.3, -0.25) is 4.68 Å². The van der Waals surface area contributed by atoms with Gasteiger partial charge in [-0.25, -0.2) is 4.98 Å². The molecule has 0 N–H and O–H groups in total. The van der Waals surface area contributed by atoms with E-state index in [2.05, 4.69) is 21.9 Å². The van der Waals surface area contributed by atoms with Crippen LogP contribution in [0.2, 0.25) is 0 Å². The van der Waals surface area contributed by atoms with Crippen molar-refractivity contribution >= 4 is 11.6 Å². The molecule has 0 radical (unpaired) electrons. The Morgan fingerprint density at radius 1 is 1.42 bits per heavy atom. The molecule has 98 valence electrons. The lowest BCUT2D eigenvalue weighted by Gasteiger charge is -2.05. The quantitative estimate of drug-likeness (QED) is 0.635. The first-order valence-electron chi connectivity index (χ1n) is 5.90. The van der Waals surface area contributed by atoms with Crippen molar-refractivity contribution in [3.8, 4) is 17.6 Å². The van der Waals surface area contributed by atoms with Crippen molar-refractivity contribution in [1.82, 2.24) is 14.8 Å². The van der Waals surface area contributed by atoms with Crippen molar-refractivity contribution in [3.05, 3.63) is 42.0 Å². The van der Waals surface area contributed by atoms with Crippen LogP contribution in [0.25, 0.3) is 0 Å². The van der Waals surface area contributed by atoms with Gasteiger partial charge in [-0.1, -0.05) is 17.9 Å². The Morgan fingerprint density at radius 3 is 3.05 bits per heavy atom. The molecule has 0 aliphatic rings. The van der Waals surface area contributed by atoms with Crippen molar-refractivity contribution < 1.29 is 4.74 Å². The molecule has 4 nitrogen and oxygen atoms in total. The Bertz CT molecular complexity index is 598. The van der Waals surface area contributed by atoms with Crippen molar-refractivity contribution in [2.24, 2.45) is 7.05 Å². The Morgan fingerprint density at radius 2 is 2.32 bits per heavy atom. The smallest absolute Gasteiger partial charge is 0.164 e. The third kappa shape index (κ3) is 4.01. The number of benzene rings is 1. The Labute approximate surface area is 117 Å². The maximum atomic E-state index is 5.66. The molecule has 2 rings (SSSR count). The number of hydrogen-bond acceptors (Lipinski definition) is 3. The van der Waals surface area contributed by atoms with Gasteiger partial charge in [-0.05, 0) is 18.2 Å². The molecule has 0 unspecified atom stereocenters. The zero-order valence-electron chi connectivity index (χ0n) is 10.6. The highest BCUT2D eigenvalue weighted by molar-refractivity contribution is 6.18. The minimum absolute atomic E-state index is 0.384. The summed E-state index contributed by atoms with van der Waals surface area (Å²) in [6.45, 7) is 0.384. The lowest BCUT2D eigenvalue weighted by Crippen LogP contribution is -2.04. The number of hydrogen-bond donors (Lipinski definition) is 0. The van der Waals surface area contributed by atoms with E-state index in [1.54, 1.807) is 4.68 Å². The Hall–Kier alpha value is -1.99. The van der Waals surface area contributed by atoms with Crippen LogP contribution >= 0.6 is 11.6 Å². The summed E-state index contributed by atoms with van der Waals surface area (Å²) >= 11 is 5.58. The monoisotopic (exact) mass is 275 g/mol. The van der Waals surface area contributed by atoms with Crippen LogP contribution in [0.3, 0.4) is 0 Å². The molecule has 2 aromatic rings. The van der Waals surface area contributed by atoms with Gasteiger partial charge in [0.25, 0.3) is 0 Å². The van der Waals surface area contributed by atoms with Crippen molar-refractivity contribution in [3.63, 3.8) is 0 Å². The third-order valence-electron chi connectivity index (χ3n) is 2.46. The number of ether oxygens (including phenoxy) is 1. The predicted octanol–water partition coefficient (Wildman–Crippen LogP) is 2.37. The summed E-state index contributed by atoms with van der Waals surface area (Å²) in [7, 11) is 1.83. The summed E-state index contributed by atoms with van der Waals surface area (Å²) in [6.07, 6.45) is 2.19. The van der Waals surface area contributed by atoms with E-state index >= 15 is 0 Å². The number of halogens is 1. The zero-order chi connectivity index (χ0) is 13.5. The summed E-state index contributed by atoms with van der Waals surface area (Å²) in [6, 6.07) is 7.65. The van der Waals surface area contributed by atoms with E-state index < -0.39 is 0 Å². The molecule has 1 aromatic carbocycles. The first kappa shape index (κ1) is 13.4. The normalized spacial score (nSPS) is 9.79. The van der Waals surface area contributed by atoms with E-state index in [0.717, 1.165) is 17.1 Å². The second-order valence-corrected chi connectivity index (χ2v) is 4.24. The van der Waals surface area contributed by atoms with E-state index in [1.165, 1.54) is 6.33 Å². The molecule has 0 aliphatic carbocycles. The molecule has 0 bridgehead atoms. The number of rotatable bonds is 4. The fourth-order valence-corrected chi connectivity index (χ4v) is 1.57. The highest BCUT2D eigenvalue weighted by Crippen LogP contribution is 2.14. The van der Waals surface area contributed by atoms with E-state index in [1.807, 2.05) is 31.3 Å². The summed E-state index contributed by atoms with van der Waals surface area (Å²) in [5.41, 5.74) is 0.917. The van der Waals surface area contributed by atoms with Crippen LogP contribution in [0.1, 0.15) is 17.8 Å². The minimum atomic E-state index is 0.384. The Kier molecular flexibility index (Phi) is 4.82. The molecule has 0 saturated carbocycles. The second-order valence-electron chi connectivity index (χ2n) is 3.86. The number of alkyl halides is 1. The Balaban J connectivity index is 2.00. The maximum absolute atomic E-state index is 5.66. The minimum Gasteiger partial charge on any atom is -0.486 e. The lowest BCUT2D eigenvalue weighted by atomic mass is 10.2. The highest BCUT2D eigenvalue weighted by Gasteiger charge is 2.01. The summed E-state index contributed by atoms with van der Waals surface area (Å²) < 4.78 is 7.35. The second kappa shape index (κ2) is 6.81. The van der Waals surface area contributed by atoms with Crippen molar-refractivity contribution in [2.45, 2.75) is 13.0 Å². The van der Waals surface area contributed by atoms with Gasteiger partial charge in [-0.15, -0.1) is 11.6 Å². The summed E-state index contributed by atoms with van der Waals surface area (Å²) in [5.74, 6) is 8.13. The predicted molar refractivity (Wildman–Crippen MR) is 74.0 cm³/mol. The van der Waals surface area contributed by atoms with Gasteiger partial charge < -0.3 is 4.74 Å². The third-order valence-corrected chi connectivity index (χ3v) is 2.65. The van der Waals surface area contributed by atoms with Gasteiger partial charge in [-0.2, -0.15) is 5.10 Å². The molecule has 0 saturated heterocycles. The van der Waals surface area contributed by atoms with Crippen LogP contribution in [0, 0.1) is 11.8 Å². The van der Waals surface area contributed by atoms with Crippen LogP contribution in [-0.2, 0) is 13.7 Å². The molecule has 5 heteroatoms. The van der Waals surface area contributed by atoms with Crippen LogP contribution < -0.4 is 4.74 Å². The van der Waals surface area contributed by atoms with Gasteiger partial charge in [0, 0.05) is 24.9 Å². The molecule has 0 fully saturated rings. The molecule has 1 aromatic heterocycles. The van der Waals surface area contributed by atoms with Gasteiger partial charge in [0.1, 0.15) is 18.7 Å². The van der Waals surface area contributed by atoms with Gasteiger partial charge >= 0.3 is 0 Å². The van der Waals surface area contributed by atoms with Gasteiger partial charge in [0.15, 0.2) is 5.82 Å². The van der Waals surface area contributed by atoms with Gasteiger partial charge in [0.2, 0.25) is 0 Å². The average molecular weight is 276 g/mol. The molecule has 0 amide bonds. The number of nitrogens with zero attached hydrogens (tertiary/aromatic N) is 3. The SMILES string of the molecule is Cn1ncnc1COc1cccc(C#CCCCl)c1. The van der Waals surface area contributed by atoms with E-state index in [9.17, 15) is 0 Å². The standard InChI is InChI=1S/C14H14ClN3O/c1-18-14(16-11-17-18)10-19-13-7-4-6-12(9-13)5-2-3-8-15/h4,6-7,9,11H,3,8,10H2,1H3. The molecule has 1 heterocycles. The number of aryl methyl sites for hydroxylation is 1. The lowest BCUT2D eigenvalue weighted by molar-refractivity contribution is 0.289. The van der Waals surface area contributed by atoms with E-state index in [4.69, 9.17) is 16.3 Å². The summed E-state index contributed by atoms with van der Waals surface area (Å²) in [4.78, 5) is 4.10. The van der Waals surface area contributed by atoms with Crippen LogP contribution in [0.5, 0.6) is 5.75 Å². The molecule has 0 spiro atoms. The van der Waals surface area contributed by atoms with Crippen molar-refractivity contribution in [1.29, 1.82) is 0 Å². The zero-order valence-corrected chi connectivity index (χ0v) is 11.4. The molecule has 0 aliphatic heterocycles. The van der Waals surface area contributed by atoms with Crippen molar-refractivity contribution in [2.75, 3.05) is 5.88 Å². The van der Waals surface area contributed by atoms with E-state index in [-0.39, 0.29) is 0 Å². The first-order valence-corrected chi connectivity index (χ1v) is 6.43. The molecular weight excluding hydrogens is 262 g/mol. The fourth-order valence-electron chi connectivity index (χ4n) is 1.47. The fraction of sp³-hybridized carbons (Fsp3) is 0.286. The maximum Gasteiger partial charge on any atom is 0.164 e. The summed E-state index contributed by atoms with van der Waals surface area (Å²) in [5, 5.41) is 3.99. The number of aromatic nitrogens is 3. The highest BCUT2D eigenvalue weighted by atomic mass is 35.5. The molecular formula is C14H14ClN3O. The van der Waals surface area contributed by atoms with Crippen LogP contribution in [-0.4, -0.2) is 20.6 Å². The topological polar surface area (TPSA) is 39.9 Å². The van der Waals surface area contributed by atoms with Gasteiger partial charge in [0.05, 0.1) is 0 Å². The largest absolute Gasteiger partial charge is 0.486 e. The van der Waals surface area contributed by atoms with Crippen LogP contribution in [0.4, 0.5) is 0 Å². The first-order chi connectivity index (χ1) is 9.29.